The quantitative estimate of drug-likeness (QED) is 0.554. The van der Waals surface area contributed by atoms with Crippen LogP contribution in [0, 0.1) is 5.92 Å². The molecule has 5 nitrogen and oxygen atoms in total. The van der Waals surface area contributed by atoms with Crippen LogP contribution >= 0.6 is 0 Å². The van der Waals surface area contributed by atoms with Gasteiger partial charge in [-0.1, -0.05) is 13.8 Å². The minimum absolute atomic E-state index is 0.0328. The largest absolute Gasteiger partial charge is 0.379 e. The Morgan fingerprint density at radius 2 is 2.20 bits per heavy atom. The molecule has 1 rings (SSSR count). The highest BCUT2D eigenvalue weighted by Crippen LogP contribution is 2.22. The molecule has 1 heterocycles. The topological polar surface area (TPSA) is 65.1 Å². The monoisotopic (exact) mass is 212 g/mol. The number of rotatable bonds is 5. The van der Waals surface area contributed by atoms with Crippen LogP contribution in [-0.2, 0) is 11.8 Å². The van der Waals surface area contributed by atoms with Crippen molar-refractivity contribution in [1.29, 1.82) is 0 Å². The Kier molecular flexibility index (Phi) is 4.26. The summed E-state index contributed by atoms with van der Waals surface area (Å²) in [5, 5.41) is 4.13. The summed E-state index contributed by atoms with van der Waals surface area (Å²) < 4.78 is 7.26. The molecule has 0 aromatic carbocycles. The van der Waals surface area contributed by atoms with Crippen LogP contribution < -0.4 is 11.3 Å². The number of hydrogen-bond acceptors (Lipinski definition) is 4. The van der Waals surface area contributed by atoms with Crippen LogP contribution in [0.15, 0.2) is 12.3 Å². The van der Waals surface area contributed by atoms with E-state index < -0.39 is 0 Å². The van der Waals surface area contributed by atoms with Gasteiger partial charge in [-0.2, -0.15) is 5.10 Å². The van der Waals surface area contributed by atoms with E-state index in [1.807, 2.05) is 13.1 Å². The fourth-order valence-electron chi connectivity index (χ4n) is 1.83. The summed E-state index contributed by atoms with van der Waals surface area (Å²) in [7, 11) is 3.60. The highest BCUT2D eigenvalue weighted by molar-refractivity contribution is 5.08. The molecule has 0 bridgehead atoms. The lowest BCUT2D eigenvalue weighted by Gasteiger charge is -2.28. The van der Waals surface area contributed by atoms with Crippen molar-refractivity contribution < 1.29 is 4.74 Å². The number of ether oxygens (including phenoxy) is 1. The van der Waals surface area contributed by atoms with E-state index in [9.17, 15) is 0 Å². The second-order valence-electron chi connectivity index (χ2n) is 3.97. The van der Waals surface area contributed by atoms with Crippen molar-refractivity contribution >= 4 is 0 Å². The van der Waals surface area contributed by atoms with E-state index in [0.717, 1.165) is 5.69 Å². The van der Waals surface area contributed by atoms with Crippen LogP contribution in [0.3, 0.4) is 0 Å². The molecule has 1 aromatic heterocycles. The SMILES string of the molecule is COC(C(C)C)C(NN)c1ccnn1C. The molecule has 2 atom stereocenters. The van der Waals surface area contributed by atoms with E-state index in [0.29, 0.717) is 5.92 Å². The van der Waals surface area contributed by atoms with Gasteiger partial charge in [-0.15, -0.1) is 0 Å². The van der Waals surface area contributed by atoms with Crippen LogP contribution in [0.2, 0.25) is 0 Å². The lowest BCUT2D eigenvalue weighted by Crippen LogP contribution is -2.41. The first-order valence-electron chi connectivity index (χ1n) is 5.08. The van der Waals surface area contributed by atoms with Crippen molar-refractivity contribution in [3.63, 3.8) is 0 Å². The van der Waals surface area contributed by atoms with E-state index >= 15 is 0 Å². The van der Waals surface area contributed by atoms with Gasteiger partial charge >= 0.3 is 0 Å². The van der Waals surface area contributed by atoms with Crippen LogP contribution in [0.1, 0.15) is 25.6 Å². The maximum absolute atomic E-state index is 5.58. The Morgan fingerprint density at radius 1 is 1.53 bits per heavy atom. The lowest BCUT2D eigenvalue weighted by atomic mass is 9.97. The maximum atomic E-state index is 5.58. The van der Waals surface area contributed by atoms with Crippen molar-refractivity contribution in [1.82, 2.24) is 15.2 Å². The summed E-state index contributed by atoms with van der Waals surface area (Å²) in [6.45, 7) is 4.21. The molecule has 0 amide bonds. The van der Waals surface area contributed by atoms with Gasteiger partial charge in [0, 0.05) is 20.4 Å². The Morgan fingerprint density at radius 3 is 2.53 bits per heavy atom. The fourth-order valence-corrected chi connectivity index (χ4v) is 1.83. The number of aromatic nitrogens is 2. The predicted octanol–water partition coefficient (Wildman–Crippen LogP) is 0.595. The standard InChI is InChI=1S/C10H20N4O/c1-7(2)10(15-4)9(13-11)8-5-6-12-14(8)3/h5-7,9-10,13H,11H2,1-4H3. The number of hydrogen-bond donors (Lipinski definition) is 2. The summed E-state index contributed by atoms with van der Waals surface area (Å²) in [6.07, 6.45) is 1.79. The van der Waals surface area contributed by atoms with Gasteiger partial charge < -0.3 is 4.74 Å². The van der Waals surface area contributed by atoms with Gasteiger partial charge in [-0.05, 0) is 12.0 Å². The first-order valence-corrected chi connectivity index (χ1v) is 5.08. The van der Waals surface area contributed by atoms with Crippen molar-refractivity contribution in [2.45, 2.75) is 26.0 Å². The minimum Gasteiger partial charge on any atom is -0.379 e. The number of nitrogens with one attached hydrogen (secondary N) is 1. The molecule has 0 fully saturated rings. The number of nitrogens with zero attached hydrogens (tertiary/aromatic N) is 2. The zero-order chi connectivity index (χ0) is 11.4. The molecule has 0 radical (unpaired) electrons. The zero-order valence-corrected chi connectivity index (χ0v) is 9.77. The van der Waals surface area contributed by atoms with Gasteiger partial charge in [0.05, 0.1) is 17.8 Å². The molecule has 0 aliphatic carbocycles. The smallest absolute Gasteiger partial charge is 0.0892 e. The summed E-state index contributed by atoms with van der Waals surface area (Å²) in [4.78, 5) is 0. The van der Waals surface area contributed by atoms with Gasteiger partial charge in [0.25, 0.3) is 0 Å². The van der Waals surface area contributed by atoms with Crippen molar-refractivity contribution in [2.75, 3.05) is 7.11 Å². The maximum Gasteiger partial charge on any atom is 0.0892 e. The Hall–Kier alpha value is -0.910. The number of aryl methyl sites for hydroxylation is 1. The number of methoxy groups -OCH3 is 1. The number of hydrazine groups is 1. The van der Waals surface area contributed by atoms with E-state index in [2.05, 4.69) is 24.4 Å². The molecular weight excluding hydrogens is 192 g/mol. The summed E-state index contributed by atoms with van der Waals surface area (Å²) in [6, 6.07) is 1.90. The van der Waals surface area contributed by atoms with Crippen molar-refractivity contribution in [3.05, 3.63) is 18.0 Å². The molecule has 15 heavy (non-hydrogen) atoms. The van der Waals surface area contributed by atoms with Gasteiger partial charge in [0.2, 0.25) is 0 Å². The van der Waals surface area contributed by atoms with Crippen molar-refractivity contribution in [2.24, 2.45) is 18.8 Å². The zero-order valence-electron chi connectivity index (χ0n) is 9.77. The summed E-state index contributed by atoms with van der Waals surface area (Å²) in [5.74, 6) is 5.96. The fraction of sp³-hybridized carbons (Fsp3) is 0.700. The molecule has 0 spiro atoms. The Labute approximate surface area is 90.6 Å². The van der Waals surface area contributed by atoms with Crippen LogP contribution in [0.25, 0.3) is 0 Å². The van der Waals surface area contributed by atoms with E-state index in [-0.39, 0.29) is 12.1 Å². The van der Waals surface area contributed by atoms with Crippen molar-refractivity contribution in [3.8, 4) is 0 Å². The van der Waals surface area contributed by atoms with Gasteiger partial charge in [0.1, 0.15) is 0 Å². The molecule has 0 aliphatic heterocycles. The predicted molar refractivity (Wildman–Crippen MR) is 58.9 cm³/mol. The average Bonchev–Trinajstić information content (AvgIpc) is 2.60. The Balaban J connectivity index is 2.92. The third-order valence-corrected chi connectivity index (χ3v) is 2.61. The highest BCUT2D eigenvalue weighted by Gasteiger charge is 2.26. The Bertz CT molecular complexity index is 297. The summed E-state index contributed by atoms with van der Waals surface area (Å²) in [5.41, 5.74) is 3.82. The second kappa shape index (κ2) is 5.25. The molecular formula is C10H20N4O. The highest BCUT2D eigenvalue weighted by atomic mass is 16.5. The first kappa shape index (κ1) is 12.2. The first-order chi connectivity index (χ1) is 7.11. The molecule has 0 aliphatic rings. The molecule has 5 heteroatoms. The van der Waals surface area contributed by atoms with Crippen LogP contribution in [0.4, 0.5) is 0 Å². The van der Waals surface area contributed by atoms with E-state index in [1.54, 1.807) is 18.0 Å². The molecule has 2 unspecified atom stereocenters. The minimum atomic E-state index is -0.0394. The summed E-state index contributed by atoms with van der Waals surface area (Å²) >= 11 is 0. The molecule has 0 saturated carbocycles. The van der Waals surface area contributed by atoms with Gasteiger partial charge in [0.15, 0.2) is 0 Å². The lowest BCUT2D eigenvalue weighted by molar-refractivity contribution is 0.0303. The van der Waals surface area contributed by atoms with Gasteiger partial charge in [-0.3, -0.25) is 10.5 Å². The molecule has 86 valence electrons. The third-order valence-electron chi connectivity index (χ3n) is 2.61. The third kappa shape index (κ3) is 2.56. The molecule has 3 N–H and O–H groups in total. The second-order valence-corrected chi connectivity index (χ2v) is 3.97. The van der Waals surface area contributed by atoms with E-state index in [1.165, 1.54) is 0 Å². The van der Waals surface area contributed by atoms with Crippen LogP contribution in [-0.4, -0.2) is 23.0 Å². The van der Waals surface area contributed by atoms with E-state index in [4.69, 9.17) is 10.6 Å². The van der Waals surface area contributed by atoms with Crippen LogP contribution in [0.5, 0.6) is 0 Å². The average molecular weight is 212 g/mol. The number of nitrogens with two attached hydrogens (primary N) is 1. The molecule has 1 aromatic rings. The van der Waals surface area contributed by atoms with Gasteiger partial charge in [-0.25, -0.2) is 5.43 Å². The molecule has 0 saturated heterocycles. The normalized spacial score (nSPS) is 15.6.